The van der Waals surface area contributed by atoms with Crippen LogP contribution in [-0.4, -0.2) is 70.8 Å². The summed E-state index contributed by atoms with van der Waals surface area (Å²) < 4.78 is 0. The van der Waals surface area contributed by atoms with Crippen molar-refractivity contribution >= 4 is 19.0 Å². The van der Waals surface area contributed by atoms with Crippen LogP contribution < -0.4 is 11.1 Å². The number of nitrogens with zero attached hydrogens (tertiary/aromatic N) is 1. The molecule has 1 heterocycles. The fourth-order valence-electron chi connectivity index (χ4n) is 3.63. The highest BCUT2D eigenvalue weighted by molar-refractivity contribution is 6.40. The normalized spacial score (nSPS) is 23.3. The maximum absolute atomic E-state index is 13.0. The number of carboxylic acids is 1. The molecule has 0 aromatic heterocycles. The fourth-order valence-corrected chi connectivity index (χ4v) is 3.63. The molecule has 1 aromatic carbocycles. The van der Waals surface area contributed by atoms with Gasteiger partial charge < -0.3 is 31.1 Å². The smallest absolute Gasteiger partial charge is 0.451 e. The molecule has 1 aliphatic heterocycles. The summed E-state index contributed by atoms with van der Waals surface area (Å²) in [5.41, 5.74) is 5.63. The molecule has 1 aliphatic rings. The number of hydrogen-bond acceptors (Lipinski definition) is 6. The molecule has 9 heteroatoms. The van der Waals surface area contributed by atoms with Gasteiger partial charge >= 0.3 is 13.1 Å². The zero-order valence-electron chi connectivity index (χ0n) is 15.5. The van der Waals surface area contributed by atoms with Gasteiger partial charge in [-0.05, 0) is 31.8 Å². The van der Waals surface area contributed by atoms with Gasteiger partial charge in [-0.25, -0.2) is 0 Å². The highest BCUT2D eigenvalue weighted by atomic mass is 16.4. The van der Waals surface area contributed by atoms with E-state index in [2.05, 4.69) is 5.32 Å². The van der Waals surface area contributed by atoms with Crippen molar-refractivity contribution in [3.63, 3.8) is 0 Å². The summed E-state index contributed by atoms with van der Waals surface area (Å²) in [6.07, 6.45) is 1.48. The summed E-state index contributed by atoms with van der Waals surface area (Å²) in [6.45, 7) is 0.191. The van der Waals surface area contributed by atoms with Crippen LogP contribution in [0.5, 0.6) is 0 Å². The Kier molecular flexibility index (Phi) is 7.37. The number of nitrogens with one attached hydrogen (secondary N) is 1. The van der Waals surface area contributed by atoms with Crippen LogP contribution in [0.4, 0.5) is 0 Å². The zero-order valence-corrected chi connectivity index (χ0v) is 15.5. The quantitative estimate of drug-likeness (QED) is 0.360. The number of aliphatic carboxylic acids is 1. The number of likely N-dealkylation sites (tertiary alicyclic amines) is 1. The molecule has 0 aliphatic carbocycles. The Hall–Kier alpha value is -1.94. The second kappa shape index (κ2) is 9.32. The van der Waals surface area contributed by atoms with Crippen LogP contribution in [0.3, 0.4) is 0 Å². The maximum atomic E-state index is 13.0. The molecule has 3 atom stereocenters. The summed E-state index contributed by atoms with van der Waals surface area (Å²) in [7, 11) is 0.273. The third-order valence-corrected chi connectivity index (χ3v) is 5.28. The van der Waals surface area contributed by atoms with E-state index < -0.39 is 30.6 Å². The van der Waals surface area contributed by atoms with Crippen LogP contribution in [0, 0.1) is 5.92 Å². The van der Waals surface area contributed by atoms with Crippen LogP contribution in [0.2, 0.25) is 6.32 Å². The van der Waals surface area contributed by atoms with Crippen molar-refractivity contribution in [2.45, 2.75) is 37.2 Å². The summed E-state index contributed by atoms with van der Waals surface area (Å²) in [4.78, 5) is 26.2. The lowest BCUT2D eigenvalue weighted by molar-refractivity contribution is -0.144. The lowest BCUT2D eigenvalue weighted by Crippen LogP contribution is -2.55. The highest BCUT2D eigenvalue weighted by Gasteiger charge is 2.51. The van der Waals surface area contributed by atoms with E-state index in [4.69, 9.17) is 15.8 Å². The van der Waals surface area contributed by atoms with E-state index in [-0.39, 0.29) is 25.3 Å². The first-order valence-corrected chi connectivity index (χ1v) is 9.16. The summed E-state index contributed by atoms with van der Waals surface area (Å²) >= 11 is 0. The lowest BCUT2D eigenvalue weighted by Gasteiger charge is -2.26. The maximum Gasteiger partial charge on any atom is 0.451 e. The van der Waals surface area contributed by atoms with E-state index in [1.54, 1.807) is 7.05 Å². The summed E-state index contributed by atoms with van der Waals surface area (Å²) in [5, 5.41) is 30.6. The Balaban J connectivity index is 2.07. The van der Waals surface area contributed by atoms with Crippen molar-refractivity contribution in [2.24, 2.45) is 11.7 Å². The second-order valence-corrected chi connectivity index (χ2v) is 7.20. The van der Waals surface area contributed by atoms with Crippen LogP contribution in [-0.2, 0) is 16.0 Å². The van der Waals surface area contributed by atoms with Gasteiger partial charge in [0.05, 0.1) is 6.04 Å². The molecule has 0 saturated carbocycles. The topological polar surface area (TPSA) is 136 Å². The highest BCUT2D eigenvalue weighted by Crippen LogP contribution is 2.31. The third-order valence-electron chi connectivity index (χ3n) is 5.28. The van der Waals surface area contributed by atoms with Crippen molar-refractivity contribution in [2.75, 3.05) is 20.1 Å². The van der Waals surface area contributed by atoms with Crippen molar-refractivity contribution in [1.29, 1.82) is 0 Å². The average Bonchev–Trinajstić information content (AvgIpc) is 2.98. The average molecular weight is 377 g/mol. The Morgan fingerprint density at radius 1 is 1.37 bits per heavy atom. The largest absolute Gasteiger partial charge is 0.480 e. The number of nitrogens with two attached hydrogens (primary N) is 1. The number of hydrogen-bond donors (Lipinski definition) is 5. The number of benzene rings is 1. The second-order valence-electron chi connectivity index (χ2n) is 7.20. The van der Waals surface area contributed by atoms with Crippen molar-refractivity contribution in [3.8, 4) is 0 Å². The minimum Gasteiger partial charge on any atom is -0.480 e. The number of carboxylic acid groups (broad SMARTS) is 1. The molecule has 148 valence electrons. The summed E-state index contributed by atoms with van der Waals surface area (Å²) in [5.74, 6) is -1.76. The Morgan fingerprint density at radius 2 is 2.04 bits per heavy atom. The van der Waals surface area contributed by atoms with E-state index in [1.807, 2.05) is 30.3 Å². The van der Waals surface area contributed by atoms with E-state index >= 15 is 0 Å². The molecule has 27 heavy (non-hydrogen) atoms. The minimum atomic E-state index is -1.53. The van der Waals surface area contributed by atoms with Crippen molar-refractivity contribution < 1.29 is 24.7 Å². The standard InChI is InChI=1S/C18H28BN3O5/c1-21-15(10-13-6-3-2-4-7-13)16(23)22-11-14(8-5-9-19(26)27)18(20,12-22)17(24)25/h2-4,6-7,14-15,21,26-27H,5,8-12,20H2,1H3,(H,24,25)/t14-,15?,18-/m0/s1. The third kappa shape index (κ3) is 5.29. The molecule has 1 fully saturated rings. The van der Waals surface area contributed by atoms with E-state index in [0.717, 1.165) is 5.56 Å². The molecule has 1 amide bonds. The zero-order chi connectivity index (χ0) is 20.0. The van der Waals surface area contributed by atoms with Gasteiger partial charge in [-0.15, -0.1) is 0 Å². The molecule has 1 saturated heterocycles. The predicted octanol–water partition coefficient (Wildman–Crippen LogP) is -0.689. The molecular weight excluding hydrogens is 349 g/mol. The number of amides is 1. The van der Waals surface area contributed by atoms with E-state index in [1.165, 1.54) is 4.90 Å². The Bertz CT molecular complexity index is 645. The van der Waals surface area contributed by atoms with Gasteiger partial charge in [0.15, 0.2) is 0 Å². The molecule has 2 rings (SSSR count). The van der Waals surface area contributed by atoms with Crippen LogP contribution in [0.15, 0.2) is 30.3 Å². The van der Waals surface area contributed by atoms with Gasteiger partial charge in [-0.2, -0.15) is 0 Å². The van der Waals surface area contributed by atoms with Crippen molar-refractivity contribution in [3.05, 3.63) is 35.9 Å². The Morgan fingerprint density at radius 3 is 2.59 bits per heavy atom. The molecule has 0 radical (unpaired) electrons. The SMILES string of the molecule is CNC(Cc1ccccc1)C(=O)N1C[C@H](CCCB(O)O)[C@](N)(C(=O)O)C1. The van der Waals surface area contributed by atoms with Crippen LogP contribution >= 0.6 is 0 Å². The molecule has 1 aromatic rings. The number of likely N-dealkylation sites (N-methyl/N-ethyl adjacent to an activating group) is 1. The van der Waals surface area contributed by atoms with Crippen LogP contribution in [0.25, 0.3) is 0 Å². The van der Waals surface area contributed by atoms with Crippen molar-refractivity contribution in [1.82, 2.24) is 10.2 Å². The predicted molar refractivity (Wildman–Crippen MR) is 102 cm³/mol. The van der Waals surface area contributed by atoms with Crippen LogP contribution in [0.1, 0.15) is 18.4 Å². The van der Waals surface area contributed by atoms with Gasteiger partial charge in [-0.1, -0.05) is 36.8 Å². The summed E-state index contributed by atoms with van der Waals surface area (Å²) in [6, 6.07) is 9.13. The monoisotopic (exact) mass is 377 g/mol. The first-order chi connectivity index (χ1) is 12.8. The lowest BCUT2D eigenvalue weighted by atomic mass is 9.78. The first kappa shape index (κ1) is 21.4. The van der Waals surface area contributed by atoms with E-state index in [0.29, 0.717) is 19.3 Å². The fraction of sp³-hybridized carbons (Fsp3) is 0.556. The number of rotatable bonds is 9. The van der Waals surface area contributed by atoms with Gasteiger partial charge in [0.25, 0.3) is 0 Å². The molecule has 0 spiro atoms. The minimum absolute atomic E-state index is 0.0551. The first-order valence-electron chi connectivity index (χ1n) is 9.16. The van der Waals surface area contributed by atoms with Gasteiger partial charge in [0.2, 0.25) is 5.91 Å². The molecule has 8 nitrogen and oxygen atoms in total. The molecular formula is C18H28BN3O5. The molecule has 1 unspecified atom stereocenters. The molecule has 0 bridgehead atoms. The van der Waals surface area contributed by atoms with E-state index in [9.17, 15) is 14.7 Å². The number of carbonyl (C=O) groups excluding carboxylic acids is 1. The molecule has 6 N–H and O–H groups in total. The van der Waals surface area contributed by atoms with Gasteiger partial charge in [-0.3, -0.25) is 9.59 Å². The van der Waals surface area contributed by atoms with Gasteiger partial charge in [0.1, 0.15) is 5.54 Å². The Labute approximate surface area is 159 Å². The van der Waals surface area contributed by atoms with Gasteiger partial charge in [0, 0.05) is 19.0 Å². The number of carbonyl (C=O) groups is 2.